The molecule has 3 aromatic carbocycles. The highest BCUT2D eigenvalue weighted by Gasteiger charge is 2.46. The van der Waals surface area contributed by atoms with Crippen LogP contribution in [0.5, 0.6) is 51.7 Å². The van der Waals surface area contributed by atoms with Crippen LogP contribution in [-0.2, 0) is 9.47 Å². The molecule has 250 valence electrons. The number of ether oxygens (including phenoxy) is 5. The van der Waals surface area contributed by atoms with Crippen LogP contribution in [0.1, 0.15) is 10.4 Å². The van der Waals surface area contributed by atoms with E-state index in [2.05, 4.69) is 0 Å². The smallest absolute Gasteiger partial charge is 0.338 e. The summed E-state index contributed by atoms with van der Waals surface area (Å²) >= 11 is 0. The minimum atomic E-state index is -1.97. The van der Waals surface area contributed by atoms with E-state index in [0.29, 0.717) is 0 Å². The van der Waals surface area contributed by atoms with Gasteiger partial charge in [-0.15, -0.1) is 0 Å². The Morgan fingerprint density at radius 3 is 2.06 bits per heavy atom. The molecule has 17 nitrogen and oxygen atoms in total. The first-order valence-corrected chi connectivity index (χ1v) is 13.5. The number of aliphatic hydroxyl groups is 3. The average molecular weight is 661 g/mol. The zero-order valence-electron chi connectivity index (χ0n) is 24.3. The summed E-state index contributed by atoms with van der Waals surface area (Å²) < 4.78 is 31.8. The van der Waals surface area contributed by atoms with Crippen molar-refractivity contribution in [3.8, 4) is 63.1 Å². The minimum Gasteiger partial charge on any atom is -0.508 e. The largest absolute Gasteiger partial charge is 0.508 e. The summed E-state index contributed by atoms with van der Waals surface area (Å²) in [6, 6.07) is 5.99. The topological polar surface area (TPSA) is 275 Å². The monoisotopic (exact) mass is 660 g/mol. The number of carbonyl (C=O) groups is 1. The van der Waals surface area contributed by atoms with Crippen molar-refractivity contribution in [1.29, 1.82) is 0 Å². The Hall–Kier alpha value is -5.62. The first kappa shape index (κ1) is 32.8. The number of rotatable bonds is 8. The first-order chi connectivity index (χ1) is 22.2. The zero-order valence-corrected chi connectivity index (χ0v) is 24.3. The van der Waals surface area contributed by atoms with E-state index < -0.39 is 94.4 Å². The number of methoxy groups -OCH3 is 2. The SMILES string of the molecule is COc1cc(C(=O)OC[C@H]2O[C@@H](Oc3cc(-c4oc5cc(O)cc(O)c5c(=O)c4O)cc(O)c3O)[C@@H](O)[C@H](O)[C@@H]2O)cc(OC)c1O. The quantitative estimate of drug-likeness (QED) is 0.0931. The number of hydrogen-bond acceptors (Lipinski definition) is 17. The van der Waals surface area contributed by atoms with E-state index in [9.17, 15) is 55.5 Å². The number of esters is 1. The molecule has 2 heterocycles. The van der Waals surface area contributed by atoms with Gasteiger partial charge in [0.05, 0.1) is 19.8 Å². The van der Waals surface area contributed by atoms with Crippen molar-refractivity contribution in [3.63, 3.8) is 0 Å². The van der Waals surface area contributed by atoms with Crippen LogP contribution in [-0.4, -0.2) is 103 Å². The highest BCUT2D eigenvalue weighted by Crippen LogP contribution is 2.44. The van der Waals surface area contributed by atoms with Crippen molar-refractivity contribution in [1.82, 2.24) is 0 Å². The van der Waals surface area contributed by atoms with E-state index in [1.165, 1.54) is 14.2 Å². The van der Waals surface area contributed by atoms with Crippen LogP contribution in [0.25, 0.3) is 22.3 Å². The lowest BCUT2D eigenvalue weighted by Crippen LogP contribution is -2.60. The van der Waals surface area contributed by atoms with Gasteiger partial charge < -0.3 is 74.1 Å². The van der Waals surface area contributed by atoms with Gasteiger partial charge in [0.15, 0.2) is 28.8 Å². The summed E-state index contributed by atoms with van der Waals surface area (Å²) in [5.74, 6) is -6.73. The lowest BCUT2D eigenvalue weighted by atomic mass is 9.99. The van der Waals surface area contributed by atoms with Gasteiger partial charge in [0.25, 0.3) is 0 Å². The molecule has 0 spiro atoms. The van der Waals surface area contributed by atoms with E-state index in [4.69, 9.17) is 28.1 Å². The van der Waals surface area contributed by atoms with Crippen LogP contribution in [0.2, 0.25) is 0 Å². The summed E-state index contributed by atoms with van der Waals surface area (Å²) in [5.41, 5.74) is -1.84. The summed E-state index contributed by atoms with van der Waals surface area (Å²) in [7, 11) is 2.49. The third-order valence-corrected chi connectivity index (χ3v) is 7.26. The van der Waals surface area contributed by atoms with E-state index in [-0.39, 0.29) is 34.0 Å². The minimum absolute atomic E-state index is 0.102. The van der Waals surface area contributed by atoms with Crippen molar-refractivity contribution in [2.24, 2.45) is 0 Å². The number of benzene rings is 3. The maximum Gasteiger partial charge on any atom is 0.338 e. The average Bonchev–Trinajstić information content (AvgIpc) is 3.03. The molecule has 47 heavy (non-hydrogen) atoms. The molecule has 0 unspecified atom stereocenters. The Morgan fingerprint density at radius 2 is 1.43 bits per heavy atom. The number of aromatic hydroxyl groups is 6. The Labute approximate surface area is 262 Å². The van der Waals surface area contributed by atoms with Crippen molar-refractivity contribution in [2.75, 3.05) is 20.8 Å². The second-order valence-corrected chi connectivity index (χ2v) is 10.2. The molecule has 0 saturated carbocycles. The van der Waals surface area contributed by atoms with Crippen LogP contribution in [0.15, 0.2) is 45.6 Å². The fourth-order valence-electron chi connectivity index (χ4n) is 4.81. The molecule has 1 saturated heterocycles. The molecule has 1 aliphatic heterocycles. The van der Waals surface area contributed by atoms with Gasteiger partial charge >= 0.3 is 5.97 Å². The number of phenols is 5. The molecule has 1 aliphatic rings. The molecular formula is C30H28O17. The number of phenolic OH excluding ortho intramolecular Hbond substituents is 5. The summed E-state index contributed by atoms with van der Waals surface area (Å²) in [5, 5.41) is 92.5. The second kappa shape index (κ2) is 12.6. The van der Waals surface area contributed by atoms with E-state index in [1.807, 2.05) is 0 Å². The molecule has 0 radical (unpaired) electrons. The molecule has 1 fully saturated rings. The lowest BCUT2D eigenvalue weighted by Gasteiger charge is -2.40. The van der Waals surface area contributed by atoms with Crippen LogP contribution < -0.4 is 19.6 Å². The standard InChI is InChI=1S/C30H28O17/c1-42-16-5-11(6-17(43-2)22(16)35)29(41)44-9-19-23(36)25(38)27(40)30(47-19)46-18-4-10(3-14(33)21(18)34)28-26(39)24(37)20-13(32)7-12(31)8-15(20)45-28/h3-8,19,23,25,27,30-36,38-40H,9H2,1-2H3/t19-,23-,25-,27+,30-/m1/s1. The predicted octanol–water partition coefficient (Wildman–Crippen LogP) is 0.754. The highest BCUT2D eigenvalue weighted by molar-refractivity contribution is 5.91. The molecule has 5 rings (SSSR count). The van der Waals surface area contributed by atoms with Crippen LogP contribution in [0, 0.1) is 0 Å². The van der Waals surface area contributed by atoms with Gasteiger partial charge in [-0.3, -0.25) is 4.79 Å². The maximum atomic E-state index is 12.8. The molecule has 0 amide bonds. The highest BCUT2D eigenvalue weighted by atomic mass is 16.7. The summed E-state index contributed by atoms with van der Waals surface area (Å²) in [6.07, 6.45) is -9.12. The fraction of sp³-hybridized carbons (Fsp3) is 0.267. The Morgan fingerprint density at radius 1 is 0.766 bits per heavy atom. The molecule has 4 aromatic rings. The van der Waals surface area contributed by atoms with E-state index in [1.54, 1.807) is 0 Å². The molecular weight excluding hydrogens is 632 g/mol. The number of aliphatic hydroxyl groups excluding tert-OH is 3. The number of fused-ring (bicyclic) bond motifs is 1. The molecule has 1 aromatic heterocycles. The second-order valence-electron chi connectivity index (χ2n) is 10.2. The fourth-order valence-corrected chi connectivity index (χ4v) is 4.81. The Balaban J connectivity index is 1.41. The van der Waals surface area contributed by atoms with Crippen molar-refractivity contribution >= 4 is 16.9 Å². The van der Waals surface area contributed by atoms with Crippen LogP contribution in [0.3, 0.4) is 0 Å². The third-order valence-electron chi connectivity index (χ3n) is 7.26. The van der Waals surface area contributed by atoms with Crippen LogP contribution in [0.4, 0.5) is 0 Å². The maximum absolute atomic E-state index is 12.8. The van der Waals surface area contributed by atoms with Gasteiger partial charge in [0, 0.05) is 17.7 Å². The van der Waals surface area contributed by atoms with E-state index in [0.717, 1.165) is 36.4 Å². The molecule has 9 N–H and O–H groups in total. The van der Waals surface area contributed by atoms with Gasteiger partial charge in [-0.25, -0.2) is 4.79 Å². The Bertz CT molecular complexity index is 1880. The van der Waals surface area contributed by atoms with Gasteiger partial charge in [-0.2, -0.15) is 0 Å². The molecule has 0 aliphatic carbocycles. The van der Waals surface area contributed by atoms with Gasteiger partial charge in [-0.1, -0.05) is 0 Å². The summed E-state index contributed by atoms with van der Waals surface area (Å²) in [4.78, 5) is 25.5. The first-order valence-electron chi connectivity index (χ1n) is 13.5. The third kappa shape index (κ3) is 6.02. The van der Waals surface area contributed by atoms with E-state index >= 15 is 0 Å². The predicted molar refractivity (Wildman–Crippen MR) is 155 cm³/mol. The van der Waals surface area contributed by atoms with Gasteiger partial charge in [-0.05, 0) is 24.3 Å². The van der Waals surface area contributed by atoms with Crippen molar-refractivity contribution in [3.05, 3.63) is 52.2 Å². The van der Waals surface area contributed by atoms with Crippen molar-refractivity contribution in [2.45, 2.75) is 30.7 Å². The number of carbonyl (C=O) groups excluding carboxylic acids is 1. The zero-order chi connectivity index (χ0) is 34.3. The molecule has 0 bridgehead atoms. The number of hydrogen-bond donors (Lipinski definition) is 9. The summed E-state index contributed by atoms with van der Waals surface area (Å²) in [6.45, 7) is -0.706. The van der Waals surface area contributed by atoms with Gasteiger partial charge in [0.2, 0.25) is 29.0 Å². The lowest BCUT2D eigenvalue weighted by molar-refractivity contribution is -0.277. The molecule has 5 atom stereocenters. The normalized spacial score (nSPS) is 20.9. The van der Waals surface area contributed by atoms with Crippen LogP contribution >= 0.6 is 0 Å². The molecule has 17 heteroatoms. The van der Waals surface area contributed by atoms with Crippen molar-refractivity contribution < 1.29 is 78.9 Å². The Kier molecular flexibility index (Phi) is 8.81. The van der Waals surface area contributed by atoms with Gasteiger partial charge in [0.1, 0.15) is 53.5 Å².